The molecule has 2 aromatic rings. The predicted octanol–water partition coefficient (Wildman–Crippen LogP) is 4.61. The van der Waals surface area contributed by atoms with Gasteiger partial charge in [-0.3, -0.25) is 9.59 Å². The van der Waals surface area contributed by atoms with Crippen molar-refractivity contribution >= 4 is 29.1 Å². The first-order chi connectivity index (χ1) is 18.5. The maximum atomic E-state index is 14.3. The Bertz CT molecular complexity index is 1100. The normalized spacial score (nSPS) is 21.5. The predicted molar refractivity (Wildman–Crippen MR) is 149 cm³/mol. The van der Waals surface area contributed by atoms with Crippen LogP contribution in [0.5, 0.6) is 0 Å². The molecule has 2 aromatic carbocycles. The number of carbonyl (C=O) groups is 2. The standard InChI is InChI=1S/C30H38ClFN4O2/c31-26-10-5-11-27(32)29(26)30(38)36-20-23-18-35(19-24(23)21-36)25-9-4-7-22(17-25)8-6-13-33-28(37)12-16-34-14-2-1-3-15-34/h4-5,7,9-11,17,23-24H,1-3,6,8,12-16,18-21H2,(H,33,37). The quantitative estimate of drug-likeness (QED) is 0.472. The third kappa shape index (κ3) is 6.49. The Morgan fingerprint density at radius 1 is 0.974 bits per heavy atom. The molecule has 0 saturated carbocycles. The topological polar surface area (TPSA) is 55.9 Å². The Labute approximate surface area is 230 Å². The molecule has 3 aliphatic heterocycles. The van der Waals surface area contributed by atoms with Gasteiger partial charge in [-0.1, -0.05) is 36.2 Å². The highest BCUT2D eigenvalue weighted by molar-refractivity contribution is 6.33. The second-order valence-electron chi connectivity index (χ2n) is 11.0. The monoisotopic (exact) mass is 540 g/mol. The summed E-state index contributed by atoms with van der Waals surface area (Å²) in [6, 6.07) is 13.0. The van der Waals surface area contributed by atoms with Crippen LogP contribution >= 0.6 is 11.6 Å². The average Bonchev–Trinajstić information content (AvgIpc) is 3.51. The molecule has 38 heavy (non-hydrogen) atoms. The number of anilines is 1. The minimum atomic E-state index is -0.560. The summed E-state index contributed by atoms with van der Waals surface area (Å²) in [6.45, 7) is 6.85. The van der Waals surface area contributed by atoms with E-state index in [0.29, 0.717) is 37.9 Å². The van der Waals surface area contributed by atoms with E-state index in [-0.39, 0.29) is 22.4 Å². The van der Waals surface area contributed by atoms with Gasteiger partial charge in [-0.15, -0.1) is 0 Å². The molecular weight excluding hydrogens is 503 g/mol. The van der Waals surface area contributed by atoms with Gasteiger partial charge in [-0.25, -0.2) is 4.39 Å². The van der Waals surface area contributed by atoms with Gasteiger partial charge >= 0.3 is 0 Å². The molecule has 0 aliphatic carbocycles. The number of nitrogens with zero attached hydrogens (tertiary/aromatic N) is 3. The molecule has 0 aromatic heterocycles. The summed E-state index contributed by atoms with van der Waals surface area (Å²) in [5.74, 6) is 0.0176. The number of nitrogens with one attached hydrogen (secondary N) is 1. The highest BCUT2D eigenvalue weighted by atomic mass is 35.5. The number of piperidine rings is 1. The molecule has 8 heteroatoms. The molecule has 2 atom stereocenters. The largest absolute Gasteiger partial charge is 0.371 e. The molecule has 3 saturated heterocycles. The Hall–Kier alpha value is -2.64. The van der Waals surface area contributed by atoms with E-state index in [1.165, 1.54) is 42.6 Å². The van der Waals surface area contributed by atoms with Crippen molar-refractivity contribution in [3.8, 4) is 0 Å². The number of fused-ring (bicyclic) bond motifs is 1. The van der Waals surface area contributed by atoms with Gasteiger partial charge in [0, 0.05) is 63.2 Å². The van der Waals surface area contributed by atoms with Crippen LogP contribution < -0.4 is 10.2 Å². The lowest BCUT2D eigenvalue weighted by Gasteiger charge is -2.25. The minimum absolute atomic E-state index is 0.0168. The number of halogens is 2. The highest BCUT2D eigenvalue weighted by Crippen LogP contribution is 2.35. The Balaban J connectivity index is 1.06. The van der Waals surface area contributed by atoms with E-state index in [2.05, 4.69) is 39.4 Å². The number of benzene rings is 2. The van der Waals surface area contributed by atoms with Gasteiger partial charge in [0.15, 0.2) is 0 Å². The van der Waals surface area contributed by atoms with Gasteiger partial charge in [0.1, 0.15) is 5.82 Å². The molecule has 0 bridgehead atoms. The van der Waals surface area contributed by atoms with E-state index in [4.69, 9.17) is 11.6 Å². The molecule has 1 N–H and O–H groups in total. The van der Waals surface area contributed by atoms with Crippen molar-refractivity contribution in [2.75, 3.05) is 57.3 Å². The van der Waals surface area contributed by atoms with Crippen molar-refractivity contribution < 1.29 is 14.0 Å². The minimum Gasteiger partial charge on any atom is -0.371 e. The Kier molecular flexibility index (Phi) is 8.85. The number of hydrogen-bond acceptors (Lipinski definition) is 4. The summed E-state index contributed by atoms with van der Waals surface area (Å²) < 4.78 is 14.3. The SMILES string of the molecule is O=C(CCN1CCCCC1)NCCCc1cccc(N2CC3CN(C(=O)c4c(F)cccc4Cl)CC3C2)c1. The summed E-state index contributed by atoms with van der Waals surface area (Å²) in [5, 5.41) is 3.25. The van der Waals surface area contributed by atoms with Crippen molar-refractivity contribution in [2.24, 2.45) is 11.8 Å². The molecule has 2 unspecified atom stereocenters. The second kappa shape index (κ2) is 12.5. The van der Waals surface area contributed by atoms with E-state index in [1.54, 1.807) is 11.0 Å². The number of aryl methyl sites for hydroxylation is 1. The molecule has 2 amide bonds. The van der Waals surface area contributed by atoms with E-state index < -0.39 is 5.82 Å². The van der Waals surface area contributed by atoms with Crippen molar-refractivity contribution in [1.82, 2.24) is 15.1 Å². The maximum absolute atomic E-state index is 14.3. The fraction of sp³-hybridized carbons (Fsp3) is 0.533. The van der Waals surface area contributed by atoms with Gasteiger partial charge in [0.25, 0.3) is 5.91 Å². The van der Waals surface area contributed by atoms with Gasteiger partial charge in [0.2, 0.25) is 5.91 Å². The second-order valence-corrected chi connectivity index (χ2v) is 11.4. The molecule has 3 heterocycles. The highest BCUT2D eigenvalue weighted by Gasteiger charge is 2.42. The fourth-order valence-electron chi connectivity index (χ4n) is 6.19. The smallest absolute Gasteiger partial charge is 0.258 e. The van der Waals surface area contributed by atoms with E-state index in [1.807, 2.05) is 0 Å². The van der Waals surface area contributed by atoms with Crippen LogP contribution in [-0.4, -0.2) is 74.0 Å². The van der Waals surface area contributed by atoms with Crippen LogP contribution in [0.2, 0.25) is 5.02 Å². The van der Waals surface area contributed by atoms with E-state index >= 15 is 0 Å². The Morgan fingerprint density at radius 2 is 1.71 bits per heavy atom. The van der Waals surface area contributed by atoms with Crippen molar-refractivity contribution in [3.05, 3.63) is 64.4 Å². The third-order valence-electron chi connectivity index (χ3n) is 8.29. The van der Waals surface area contributed by atoms with E-state index in [9.17, 15) is 14.0 Å². The molecule has 3 aliphatic rings. The summed E-state index contributed by atoms with van der Waals surface area (Å²) in [6.07, 6.45) is 6.25. The maximum Gasteiger partial charge on any atom is 0.258 e. The number of carbonyl (C=O) groups excluding carboxylic acids is 2. The van der Waals surface area contributed by atoms with Gasteiger partial charge in [-0.2, -0.15) is 0 Å². The van der Waals surface area contributed by atoms with Crippen LogP contribution in [0.15, 0.2) is 42.5 Å². The Morgan fingerprint density at radius 3 is 2.45 bits per heavy atom. The van der Waals surface area contributed by atoms with Crippen LogP contribution in [0.3, 0.4) is 0 Å². The molecule has 5 rings (SSSR count). The fourth-order valence-corrected chi connectivity index (χ4v) is 6.43. The number of amides is 2. The van der Waals surface area contributed by atoms with Gasteiger partial charge in [0.05, 0.1) is 10.6 Å². The molecule has 3 fully saturated rings. The van der Waals surface area contributed by atoms with Crippen LogP contribution in [0.1, 0.15) is 48.0 Å². The summed E-state index contributed by atoms with van der Waals surface area (Å²) in [7, 11) is 0. The third-order valence-corrected chi connectivity index (χ3v) is 8.61. The van der Waals surface area contributed by atoms with Crippen LogP contribution in [0, 0.1) is 17.7 Å². The number of rotatable bonds is 9. The average molecular weight is 541 g/mol. The lowest BCUT2D eigenvalue weighted by atomic mass is 10.0. The van der Waals surface area contributed by atoms with Crippen molar-refractivity contribution in [2.45, 2.75) is 38.5 Å². The lowest BCUT2D eigenvalue weighted by Crippen LogP contribution is -2.34. The van der Waals surface area contributed by atoms with Crippen LogP contribution in [0.25, 0.3) is 0 Å². The lowest BCUT2D eigenvalue weighted by molar-refractivity contribution is -0.121. The van der Waals surface area contributed by atoms with E-state index in [0.717, 1.165) is 45.6 Å². The zero-order valence-electron chi connectivity index (χ0n) is 22.0. The van der Waals surface area contributed by atoms with Crippen LogP contribution in [0.4, 0.5) is 10.1 Å². The summed E-state index contributed by atoms with van der Waals surface area (Å²) in [4.78, 5) is 31.7. The zero-order chi connectivity index (χ0) is 26.5. The summed E-state index contributed by atoms with van der Waals surface area (Å²) in [5.41, 5.74) is 2.46. The first kappa shape index (κ1) is 26.9. The summed E-state index contributed by atoms with van der Waals surface area (Å²) >= 11 is 6.13. The zero-order valence-corrected chi connectivity index (χ0v) is 22.8. The first-order valence-electron chi connectivity index (χ1n) is 14.0. The van der Waals surface area contributed by atoms with Crippen molar-refractivity contribution in [1.29, 1.82) is 0 Å². The molecule has 0 radical (unpaired) electrons. The molecule has 204 valence electrons. The van der Waals surface area contributed by atoms with Gasteiger partial charge < -0.3 is 20.0 Å². The molecule has 6 nitrogen and oxygen atoms in total. The van der Waals surface area contributed by atoms with Gasteiger partial charge in [-0.05, 0) is 68.6 Å². The van der Waals surface area contributed by atoms with Crippen LogP contribution in [-0.2, 0) is 11.2 Å². The number of hydrogen-bond donors (Lipinski definition) is 1. The first-order valence-corrected chi connectivity index (χ1v) is 14.4. The number of likely N-dealkylation sites (tertiary alicyclic amines) is 2. The molecule has 0 spiro atoms. The molecular formula is C30H38ClFN4O2. The van der Waals surface area contributed by atoms with Crippen molar-refractivity contribution in [3.63, 3.8) is 0 Å².